The van der Waals surface area contributed by atoms with Gasteiger partial charge in [0.25, 0.3) is 0 Å². The molecule has 0 fully saturated rings. The third-order valence-corrected chi connectivity index (χ3v) is 2.41. The van der Waals surface area contributed by atoms with Gasteiger partial charge in [0.1, 0.15) is 0 Å². The summed E-state index contributed by atoms with van der Waals surface area (Å²) >= 11 is 0. The molecule has 0 aromatic heterocycles. The summed E-state index contributed by atoms with van der Waals surface area (Å²) in [6.07, 6.45) is 6.01. The molecule has 0 amide bonds. The lowest BCUT2D eigenvalue weighted by molar-refractivity contribution is 1.03. The Morgan fingerprint density at radius 1 is 1.30 bits per heavy atom. The quantitative estimate of drug-likeness (QED) is 0.545. The molecule has 0 N–H and O–H groups in total. The zero-order valence-electron chi connectivity index (χ0n) is 7.20. The van der Waals surface area contributed by atoms with Crippen LogP contribution in [0, 0.1) is 0 Å². The maximum Gasteiger partial charge on any atom is -0.0127 e. The minimum atomic E-state index is 1.20. The second kappa shape index (κ2) is 3.05. The molecule has 0 aromatic rings. The van der Waals surface area contributed by atoms with Crippen LogP contribution in [-0.4, -0.2) is 0 Å². The molecule has 0 atom stereocenters. The van der Waals surface area contributed by atoms with Crippen LogP contribution in [0.3, 0.4) is 0 Å². The van der Waals surface area contributed by atoms with E-state index in [0.717, 1.165) is 0 Å². The molecule has 10 heavy (non-hydrogen) atoms. The zero-order valence-corrected chi connectivity index (χ0v) is 7.20. The molecule has 0 unspecified atom stereocenters. The van der Waals surface area contributed by atoms with Gasteiger partial charge in [-0.2, -0.15) is 0 Å². The molecule has 0 heteroatoms. The van der Waals surface area contributed by atoms with Crippen LogP contribution in [0.5, 0.6) is 0 Å². The summed E-state index contributed by atoms with van der Waals surface area (Å²) in [5.74, 6) is 0. The number of hydrogen-bond donors (Lipinski definition) is 0. The normalized spacial score (nSPS) is 18.1. The van der Waals surface area contributed by atoms with Gasteiger partial charge in [0.05, 0.1) is 0 Å². The molecule has 0 aromatic carbocycles. The van der Waals surface area contributed by atoms with Crippen molar-refractivity contribution in [2.24, 2.45) is 0 Å². The highest BCUT2D eigenvalue weighted by Gasteiger charge is 2.09. The summed E-state index contributed by atoms with van der Waals surface area (Å²) < 4.78 is 0. The van der Waals surface area contributed by atoms with Gasteiger partial charge in [-0.05, 0) is 37.3 Å². The Kier molecular flexibility index (Phi) is 2.31. The van der Waals surface area contributed by atoms with Crippen LogP contribution in [0.15, 0.2) is 22.8 Å². The lowest BCUT2D eigenvalue weighted by Crippen LogP contribution is -1.81. The van der Waals surface area contributed by atoms with E-state index in [1.54, 1.807) is 16.7 Å². The van der Waals surface area contributed by atoms with Crippen molar-refractivity contribution in [1.29, 1.82) is 0 Å². The zero-order chi connectivity index (χ0) is 7.56. The van der Waals surface area contributed by atoms with Crippen molar-refractivity contribution in [2.45, 2.75) is 40.0 Å². The molecule has 0 nitrogen and oxygen atoms in total. The van der Waals surface area contributed by atoms with Crippen molar-refractivity contribution in [1.82, 2.24) is 0 Å². The highest BCUT2D eigenvalue weighted by atomic mass is 14.1. The molecular formula is C10H16. The molecule has 1 rings (SSSR count). The molecule has 0 spiro atoms. The van der Waals surface area contributed by atoms with E-state index in [-0.39, 0.29) is 0 Å². The highest BCUT2D eigenvalue weighted by Crippen LogP contribution is 2.29. The van der Waals surface area contributed by atoms with E-state index in [4.69, 9.17) is 0 Å². The van der Waals surface area contributed by atoms with Gasteiger partial charge in [-0.25, -0.2) is 0 Å². The van der Waals surface area contributed by atoms with Crippen LogP contribution < -0.4 is 0 Å². The Balaban J connectivity index is 2.75. The van der Waals surface area contributed by atoms with Gasteiger partial charge in [0, 0.05) is 0 Å². The first-order valence-corrected chi connectivity index (χ1v) is 4.17. The van der Waals surface area contributed by atoms with Crippen molar-refractivity contribution in [3.8, 4) is 0 Å². The molecule has 1 aliphatic carbocycles. The molecule has 0 heterocycles. The van der Waals surface area contributed by atoms with Crippen molar-refractivity contribution in [2.75, 3.05) is 0 Å². The second-order valence-electron chi connectivity index (χ2n) is 2.87. The van der Waals surface area contributed by atoms with E-state index in [1.807, 2.05) is 0 Å². The molecule has 0 bridgehead atoms. The Morgan fingerprint density at radius 3 is 2.30 bits per heavy atom. The Labute approximate surface area is 63.6 Å². The molecule has 0 saturated carbocycles. The minimum Gasteiger partial charge on any atom is -0.0770 e. The Morgan fingerprint density at radius 2 is 2.00 bits per heavy atom. The van der Waals surface area contributed by atoms with Crippen LogP contribution >= 0.6 is 0 Å². The van der Waals surface area contributed by atoms with Gasteiger partial charge < -0.3 is 0 Å². The lowest BCUT2D eigenvalue weighted by atomic mass is 10.1. The maximum atomic E-state index is 2.37. The smallest absolute Gasteiger partial charge is 0.0127 e. The third kappa shape index (κ3) is 1.16. The average Bonchev–Trinajstić information content (AvgIpc) is 2.30. The van der Waals surface area contributed by atoms with Gasteiger partial charge in [-0.15, -0.1) is 0 Å². The van der Waals surface area contributed by atoms with Crippen LogP contribution in [0.25, 0.3) is 0 Å². The van der Waals surface area contributed by atoms with E-state index < -0.39 is 0 Å². The lowest BCUT2D eigenvalue weighted by Gasteiger charge is -2.01. The standard InChI is InChI=1S/C10H16/c1-4-9-6-7-10(5-2)8(9)3/h6H,4-5,7H2,1-3H3. The summed E-state index contributed by atoms with van der Waals surface area (Å²) in [5.41, 5.74) is 4.76. The average molecular weight is 136 g/mol. The monoisotopic (exact) mass is 136 g/mol. The molecule has 0 radical (unpaired) electrons. The molecule has 56 valence electrons. The van der Waals surface area contributed by atoms with Crippen molar-refractivity contribution < 1.29 is 0 Å². The first-order valence-electron chi connectivity index (χ1n) is 4.17. The Hall–Kier alpha value is -0.520. The van der Waals surface area contributed by atoms with Crippen LogP contribution in [0.4, 0.5) is 0 Å². The Bertz CT molecular complexity index is 175. The first-order chi connectivity index (χ1) is 4.79. The van der Waals surface area contributed by atoms with Gasteiger partial charge in [0.15, 0.2) is 0 Å². The second-order valence-corrected chi connectivity index (χ2v) is 2.87. The summed E-state index contributed by atoms with van der Waals surface area (Å²) in [4.78, 5) is 0. The minimum absolute atomic E-state index is 1.20. The summed E-state index contributed by atoms with van der Waals surface area (Å²) in [5, 5.41) is 0. The van der Waals surface area contributed by atoms with Crippen molar-refractivity contribution >= 4 is 0 Å². The van der Waals surface area contributed by atoms with E-state index >= 15 is 0 Å². The van der Waals surface area contributed by atoms with Crippen LogP contribution in [-0.2, 0) is 0 Å². The van der Waals surface area contributed by atoms with E-state index in [1.165, 1.54) is 19.3 Å². The van der Waals surface area contributed by atoms with Gasteiger partial charge >= 0.3 is 0 Å². The van der Waals surface area contributed by atoms with Crippen molar-refractivity contribution in [3.63, 3.8) is 0 Å². The predicted octanol–water partition coefficient (Wildman–Crippen LogP) is 3.45. The van der Waals surface area contributed by atoms with Crippen LogP contribution in [0.1, 0.15) is 40.0 Å². The summed E-state index contributed by atoms with van der Waals surface area (Å²) in [6, 6.07) is 0. The topological polar surface area (TPSA) is 0 Å². The third-order valence-electron chi connectivity index (χ3n) is 2.41. The fourth-order valence-electron chi connectivity index (χ4n) is 1.60. The molecular weight excluding hydrogens is 120 g/mol. The van der Waals surface area contributed by atoms with Gasteiger partial charge in [-0.3, -0.25) is 0 Å². The maximum absolute atomic E-state index is 2.37. The SMILES string of the molecule is CCC1=CCC(CC)=C1C. The first kappa shape index (κ1) is 7.59. The number of allylic oxidation sites excluding steroid dienone is 4. The van der Waals surface area contributed by atoms with Gasteiger partial charge in [0.2, 0.25) is 0 Å². The molecule has 0 saturated heterocycles. The predicted molar refractivity (Wildman–Crippen MR) is 46.0 cm³/mol. The molecule has 1 aliphatic rings. The summed E-state index contributed by atoms with van der Waals surface area (Å²) in [7, 11) is 0. The fraction of sp³-hybridized carbons (Fsp3) is 0.600. The van der Waals surface area contributed by atoms with E-state index in [0.29, 0.717) is 0 Å². The number of hydrogen-bond acceptors (Lipinski definition) is 0. The number of rotatable bonds is 2. The van der Waals surface area contributed by atoms with E-state index in [9.17, 15) is 0 Å². The summed E-state index contributed by atoms with van der Waals surface area (Å²) in [6.45, 7) is 6.72. The van der Waals surface area contributed by atoms with E-state index in [2.05, 4.69) is 26.8 Å². The highest BCUT2D eigenvalue weighted by molar-refractivity contribution is 5.40. The van der Waals surface area contributed by atoms with Gasteiger partial charge in [-0.1, -0.05) is 25.5 Å². The van der Waals surface area contributed by atoms with Crippen molar-refractivity contribution in [3.05, 3.63) is 22.8 Å². The van der Waals surface area contributed by atoms with Crippen LogP contribution in [0.2, 0.25) is 0 Å². The molecule has 0 aliphatic heterocycles. The largest absolute Gasteiger partial charge is 0.0770 e. The fourth-order valence-corrected chi connectivity index (χ4v) is 1.60.